The molecule has 0 spiro atoms. The Morgan fingerprint density at radius 1 is 1.25 bits per heavy atom. The Bertz CT molecular complexity index is 454. The lowest BCUT2D eigenvalue weighted by atomic mass is 9.91. The Kier molecular flexibility index (Phi) is 3.39. The van der Waals surface area contributed by atoms with Gasteiger partial charge in [0.2, 0.25) is 5.78 Å². The molecular weight excluding hydrogens is 270 g/mol. The van der Waals surface area contributed by atoms with Gasteiger partial charge in [-0.3, -0.25) is 4.79 Å². The predicted molar refractivity (Wildman–Crippen MR) is 65.2 cm³/mol. The molecular formula is C12H12BrNO2. The van der Waals surface area contributed by atoms with Gasteiger partial charge in [0.1, 0.15) is 5.71 Å². The van der Waals surface area contributed by atoms with Crippen LogP contribution in [0.15, 0.2) is 27.8 Å². The highest BCUT2D eigenvalue weighted by molar-refractivity contribution is 9.10. The van der Waals surface area contributed by atoms with Crippen molar-refractivity contribution in [1.82, 2.24) is 0 Å². The maximum absolute atomic E-state index is 12.0. The lowest BCUT2D eigenvalue weighted by Gasteiger charge is -2.13. The molecule has 0 radical (unpaired) electrons. The minimum absolute atomic E-state index is 0.148. The number of hydrogen-bond acceptors (Lipinski definition) is 3. The molecule has 1 aromatic carbocycles. The van der Waals surface area contributed by atoms with Crippen LogP contribution in [0.1, 0.15) is 35.2 Å². The normalized spacial score (nSPS) is 19.1. The van der Waals surface area contributed by atoms with Crippen LogP contribution in [0.2, 0.25) is 0 Å². The summed E-state index contributed by atoms with van der Waals surface area (Å²) in [6.45, 7) is 0. The summed E-state index contributed by atoms with van der Waals surface area (Å²) >= 11 is 3.40. The SMILES string of the molecule is O=C1/C(=N/O)CCCCc2cc(Br)ccc21. The fourth-order valence-corrected chi connectivity index (χ4v) is 2.37. The van der Waals surface area contributed by atoms with Crippen molar-refractivity contribution in [2.24, 2.45) is 5.16 Å². The van der Waals surface area contributed by atoms with E-state index in [1.807, 2.05) is 12.1 Å². The Balaban J connectivity index is 2.49. The van der Waals surface area contributed by atoms with Crippen LogP contribution in [-0.4, -0.2) is 16.7 Å². The van der Waals surface area contributed by atoms with E-state index in [0.717, 1.165) is 29.3 Å². The lowest BCUT2D eigenvalue weighted by molar-refractivity contribution is 0.105. The summed E-state index contributed by atoms with van der Waals surface area (Å²) in [4.78, 5) is 12.0. The summed E-state index contributed by atoms with van der Waals surface area (Å²) in [5, 5.41) is 11.9. The molecule has 0 atom stereocenters. The summed E-state index contributed by atoms with van der Waals surface area (Å²) in [6, 6.07) is 5.60. The van der Waals surface area contributed by atoms with Crippen molar-refractivity contribution in [3.63, 3.8) is 0 Å². The van der Waals surface area contributed by atoms with E-state index in [2.05, 4.69) is 21.1 Å². The lowest BCUT2D eigenvalue weighted by Crippen LogP contribution is -2.18. The van der Waals surface area contributed by atoms with Crippen molar-refractivity contribution in [3.05, 3.63) is 33.8 Å². The molecule has 0 saturated carbocycles. The van der Waals surface area contributed by atoms with Gasteiger partial charge in [-0.1, -0.05) is 21.1 Å². The van der Waals surface area contributed by atoms with E-state index in [0.29, 0.717) is 12.0 Å². The molecule has 1 aromatic rings. The van der Waals surface area contributed by atoms with Gasteiger partial charge >= 0.3 is 0 Å². The number of benzene rings is 1. The molecule has 1 N–H and O–H groups in total. The average molecular weight is 282 g/mol. The molecule has 0 saturated heterocycles. The van der Waals surface area contributed by atoms with Gasteiger partial charge in [-0.05, 0) is 49.4 Å². The fourth-order valence-electron chi connectivity index (χ4n) is 1.96. The van der Waals surface area contributed by atoms with Crippen LogP contribution in [0.25, 0.3) is 0 Å². The van der Waals surface area contributed by atoms with Crippen molar-refractivity contribution in [1.29, 1.82) is 0 Å². The quantitative estimate of drug-likeness (QED) is 0.587. The first kappa shape index (κ1) is 11.3. The average Bonchev–Trinajstić information content (AvgIpc) is 2.26. The van der Waals surface area contributed by atoms with Gasteiger partial charge in [0, 0.05) is 10.0 Å². The molecule has 4 heteroatoms. The van der Waals surface area contributed by atoms with Gasteiger partial charge in [-0.2, -0.15) is 0 Å². The summed E-state index contributed by atoms with van der Waals surface area (Å²) in [5.74, 6) is -0.148. The van der Waals surface area contributed by atoms with E-state index >= 15 is 0 Å². The van der Waals surface area contributed by atoms with Gasteiger partial charge in [0.25, 0.3) is 0 Å². The zero-order valence-corrected chi connectivity index (χ0v) is 10.3. The van der Waals surface area contributed by atoms with Gasteiger partial charge < -0.3 is 5.21 Å². The molecule has 0 fully saturated rings. The molecule has 0 heterocycles. The number of Topliss-reactive ketones (excluding diaryl/α,β-unsaturated/α-hetero) is 1. The predicted octanol–water partition coefficient (Wildman–Crippen LogP) is 3.19. The molecule has 0 aliphatic heterocycles. The number of oxime groups is 1. The molecule has 0 bridgehead atoms. The second kappa shape index (κ2) is 4.78. The van der Waals surface area contributed by atoms with Crippen LogP contribution >= 0.6 is 15.9 Å². The van der Waals surface area contributed by atoms with Gasteiger partial charge in [0.15, 0.2) is 0 Å². The second-order valence-electron chi connectivity index (χ2n) is 3.88. The molecule has 0 amide bonds. The summed E-state index contributed by atoms with van der Waals surface area (Å²) in [7, 11) is 0. The smallest absolute Gasteiger partial charge is 0.210 e. The minimum Gasteiger partial charge on any atom is -0.411 e. The monoisotopic (exact) mass is 281 g/mol. The van der Waals surface area contributed by atoms with Crippen LogP contribution in [0, 0.1) is 0 Å². The molecule has 84 valence electrons. The maximum Gasteiger partial charge on any atom is 0.210 e. The summed E-state index contributed by atoms with van der Waals surface area (Å²) < 4.78 is 0.974. The fraction of sp³-hybridized carbons (Fsp3) is 0.333. The number of fused-ring (bicyclic) bond motifs is 1. The van der Waals surface area contributed by atoms with E-state index in [4.69, 9.17) is 5.21 Å². The second-order valence-corrected chi connectivity index (χ2v) is 4.80. The Labute approximate surface area is 102 Å². The van der Waals surface area contributed by atoms with Crippen LogP contribution in [0.3, 0.4) is 0 Å². The number of carbonyl (C=O) groups excluding carboxylic acids is 1. The standard InChI is InChI=1S/C12H12BrNO2/c13-9-5-6-10-8(7-9)3-1-2-4-11(14-16)12(10)15/h5-7,16H,1-4H2/b14-11+. The molecule has 2 rings (SSSR count). The van der Waals surface area contributed by atoms with E-state index in [-0.39, 0.29) is 11.5 Å². The van der Waals surface area contributed by atoms with E-state index in [1.54, 1.807) is 6.07 Å². The third kappa shape index (κ3) is 2.16. The Hall–Kier alpha value is -1.16. The van der Waals surface area contributed by atoms with Gasteiger partial charge in [-0.15, -0.1) is 0 Å². The van der Waals surface area contributed by atoms with E-state index < -0.39 is 0 Å². The molecule has 3 nitrogen and oxygen atoms in total. The van der Waals surface area contributed by atoms with Crippen molar-refractivity contribution in [2.45, 2.75) is 25.7 Å². The highest BCUT2D eigenvalue weighted by atomic mass is 79.9. The van der Waals surface area contributed by atoms with E-state index in [1.165, 1.54) is 0 Å². The van der Waals surface area contributed by atoms with Crippen LogP contribution in [0.4, 0.5) is 0 Å². The summed E-state index contributed by atoms with van der Waals surface area (Å²) in [6.07, 6.45) is 3.36. The first-order valence-electron chi connectivity index (χ1n) is 5.26. The minimum atomic E-state index is -0.148. The van der Waals surface area contributed by atoms with Crippen molar-refractivity contribution in [3.8, 4) is 0 Å². The van der Waals surface area contributed by atoms with Gasteiger partial charge in [-0.25, -0.2) is 0 Å². The number of rotatable bonds is 0. The van der Waals surface area contributed by atoms with Crippen molar-refractivity contribution >= 4 is 27.4 Å². The zero-order valence-electron chi connectivity index (χ0n) is 8.74. The van der Waals surface area contributed by atoms with Crippen LogP contribution in [-0.2, 0) is 6.42 Å². The highest BCUT2D eigenvalue weighted by Gasteiger charge is 2.20. The van der Waals surface area contributed by atoms with Crippen LogP contribution in [0.5, 0.6) is 0 Å². The highest BCUT2D eigenvalue weighted by Crippen LogP contribution is 2.22. The number of nitrogens with zero attached hydrogens (tertiary/aromatic N) is 1. The third-order valence-corrected chi connectivity index (χ3v) is 3.30. The topological polar surface area (TPSA) is 49.7 Å². The van der Waals surface area contributed by atoms with E-state index in [9.17, 15) is 4.79 Å². The number of halogens is 1. The maximum atomic E-state index is 12.0. The number of aryl methyl sites for hydroxylation is 1. The third-order valence-electron chi connectivity index (χ3n) is 2.80. The van der Waals surface area contributed by atoms with Crippen molar-refractivity contribution in [2.75, 3.05) is 0 Å². The molecule has 0 aromatic heterocycles. The van der Waals surface area contributed by atoms with Crippen LogP contribution < -0.4 is 0 Å². The number of ketones is 1. The summed E-state index contributed by atoms with van der Waals surface area (Å²) in [5.41, 5.74) is 1.96. The number of carbonyl (C=O) groups is 1. The van der Waals surface area contributed by atoms with Crippen molar-refractivity contribution < 1.29 is 10.0 Å². The van der Waals surface area contributed by atoms with Gasteiger partial charge in [0.05, 0.1) is 0 Å². The molecule has 16 heavy (non-hydrogen) atoms. The number of hydrogen-bond donors (Lipinski definition) is 1. The first-order chi connectivity index (χ1) is 7.72. The molecule has 1 aliphatic rings. The Morgan fingerprint density at radius 2 is 2.00 bits per heavy atom. The Morgan fingerprint density at radius 3 is 2.75 bits per heavy atom. The first-order valence-corrected chi connectivity index (χ1v) is 6.05. The molecule has 1 aliphatic carbocycles. The zero-order chi connectivity index (χ0) is 11.5. The molecule has 0 unspecified atom stereocenters. The largest absolute Gasteiger partial charge is 0.411 e.